The van der Waals surface area contributed by atoms with Crippen LogP contribution in [-0.4, -0.2) is 4.57 Å². The second-order valence-corrected chi connectivity index (χ2v) is 3.45. The zero-order valence-corrected chi connectivity index (χ0v) is 7.29. The number of aryl methyl sites for hydroxylation is 1. The molecule has 2 nitrogen and oxygen atoms in total. The van der Waals surface area contributed by atoms with Crippen molar-refractivity contribution >= 4 is 11.3 Å². The van der Waals surface area contributed by atoms with Gasteiger partial charge in [0.1, 0.15) is 0 Å². The maximum absolute atomic E-state index is 11.0. The van der Waals surface area contributed by atoms with Crippen LogP contribution in [0, 0.1) is 6.92 Å². The van der Waals surface area contributed by atoms with Crippen molar-refractivity contribution < 1.29 is 0 Å². The Bertz CT molecular complexity index is 284. The van der Waals surface area contributed by atoms with E-state index in [0.29, 0.717) is 0 Å². The molecule has 0 atom stereocenters. The highest BCUT2D eigenvalue weighted by atomic mass is 32.1. The molecule has 0 aliphatic heterocycles. The fraction of sp³-hybridized carbons (Fsp3) is 0.571. The molecule has 0 N–H and O–H groups in total. The lowest BCUT2D eigenvalue weighted by Crippen LogP contribution is -2.10. The van der Waals surface area contributed by atoms with Gasteiger partial charge in [-0.05, 0) is 13.3 Å². The summed E-state index contributed by atoms with van der Waals surface area (Å²) in [5.41, 5.74) is 1.16. The minimum Gasteiger partial charge on any atom is -0.306 e. The zero-order valence-electron chi connectivity index (χ0n) is 6.47. The maximum Gasteiger partial charge on any atom is 0.307 e. The number of thiazole rings is 1. The molecule has 10 heavy (non-hydrogen) atoms. The molecule has 1 aromatic rings. The van der Waals surface area contributed by atoms with Crippen molar-refractivity contribution in [3.05, 3.63) is 20.2 Å². The molecular weight excluding hydrogens is 146 g/mol. The van der Waals surface area contributed by atoms with Gasteiger partial charge >= 0.3 is 4.87 Å². The Morgan fingerprint density at radius 2 is 2.20 bits per heavy atom. The standard InChI is InChI=1S/C7H11NOS/c1-4-6-5(2)10-7(9)8(6)3/h4H2,1-3H3. The highest BCUT2D eigenvalue weighted by Crippen LogP contribution is 2.09. The van der Waals surface area contributed by atoms with Gasteiger partial charge in [-0.25, -0.2) is 0 Å². The van der Waals surface area contributed by atoms with Crippen LogP contribution in [0.4, 0.5) is 0 Å². The van der Waals surface area contributed by atoms with E-state index in [-0.39, 0.29) is 4.87 Å². The van der Waals surface area contributed by atoms with Crippen molar-refractivity contribution in [2.75, 3.05) is 0 Å². The molecule has 0 radical (unpaired) electrons. The van der Waals surface area contributed by atoms with Gasteiger partial charge in [0.15, 0.2) is 0 Å². The third-order valence-corrected chi connectivity index (χ3v) is 2.65. The SMILES string of the molecule is CCc1c(C)sc(=O)n1C. The van der Waals surface area contributed by atoms with Gasteiger partial charge in [-0.2, -0.15) is 0 Å². The first-order valence-electron chi connectivity index (χ1n) is 3.32. The van der Waals surface area contributed by atoms with E-state index in [4.69, 9.17) is 0 Å². The molecule has 0 fully saturated rings. The molecule has 0 spiro atoms. The number of hydrogen-bond acceptors (Lipinski definition) is 2. The van der Waals surface area contributed by atoms with Gasteiger partial charge < -0.3 is 4.57 Å². The van der Waals surface area contributed by atoms with E-state index in [1.54, 1.807) is 4.57 Å². The number of nitrogens with zero attached hydrogens (tertiary/aromatic N) is 1. The Labute approximate surface area is 64.1 Å². The van der Waals surface area contributed by atoms with Crippen molar-refractivity contribution in [2.45, 2.75) is 20.3 Å². The van der Waals surface area contributed by atoms with E-state index in [0.717, 1.165) is 17.0 Å². The average Bonchev–Trinajstić information content (AvgIpc) is 2.09. The fourth-order valence-electron chi connectivity index (χ4n) is 1.09. The summed E-state index contributed by atoms with van der Waals surface area (Å²) >= 11 is 1.33. The molecular formula is C7H11NOS. The van der Waals surface area contributed by atoms with Crippen molar-refractivity contribution in [3.63, 3.8) is 0 Å². The largest absolute Gasteiger partial charge is 0.307 e. The number of aromatic nitrogens is 1. The number of hydrogen-bond donors (Lipinski definition) is 0. The van der Waals surface area contributed by atoms with Crippen molar-refractivity contribution in [2.24, 2.45) is 7.05 Å². The Morgan fingerprint density at radius 1 is 1.60 bits per heavy atom. The highest BCUT2D eigenvalue weighted by molar-refractivity contribution is 7.09. The first kappa shape index (κ1) is 7.54. The molecule has 0 unspecified atom stereocenters. The molecule has 1 heterocycles. The van der Waals surface area contributed by atoms with Crippen LogP contribution in [0.15, 0.2) is 4.79 Å². The van der Waals surface area contributed by atoms with Crippen molar-refractivity contribution in [3.8, 4) is 0 Å². The molecule has 1 rings (SSSR count). The fourth-order valence-corrected chi connectivity index (χ4v) is 2.00. The summed E-state index contributed by atoms with van der Waals surface area (Å²) < 4.78 is 1.72. The van der Waals surface area contributed by atoms with E-state index >= 15 is 0 Å². The van der Waals surface area contributed by atoms with Gasteiger partial charge in [0.25, 0.3) is 0 Å². The molecule has 1 aromatic heterocycles. The Balaban J connectivity index is 3.34. The normalized spacial score (nSPS) is 10.3. The first-order chi connectivity index (χ1) is 4.66. The summed E-state index contributed by atoms with van der Waals surface area (Å²) in [6.07, 6.45) is 0.946. The lowest BCUT2D eigenvalue weighted by molar-refractivity contribution is 0.807. The summed E-state index contributed by atoms with van der Waals surface area (Å²) in [6.45, 7) is 4.05. The molecule has 0 bridgehead atoms. The number of rotatable bonds is 1. The summed E-state index contributed by atoms with van der Waals surface area (Å²) in [7, 11) is 1.82. The van der Waals surface area contributed by atoms with Crippen molar-refractivity contribution in [1.82, 2.24) is 4.57 Å². The van der Waals surface area contributed by atoms with Gasteiger partial charge in [-0.15, -0.1) is 0 Å². The van der Waals surface area contributed by atoms with Gasteiger partial charge in [0, 0.05) is 17.6 Å². The predicted octanol–water partition coefficient (Wildman–Crippen LogP) is 1.32. The topological polar surface area (TPSA) is 22.0 Å². The van der Waals surface area contributed by atoms with Crippen LogP contribution in [0.2, 0.25) is 0 Å². The van der Waals surface area contributed by atoms with Crippen LogP contribution in [-0.2, 0) is 13.5 Å². The zero-order chi connectivity index (χ0) is 7.72. The van der Waals surface area contributed by atoms with Crippen LogP contribution in [0.3, 0.4) is 0 Å². The van der Waals surface area contributed by atoms with Gasteiger partial charge in [-0.1, -0.05) is 18.3 Å². The maximum atomic E-state index is 11.0. The van der Waals surface area contributed by atoms with Gasteiger partial charge in [-0.3, -0.25) is 4.79 Å². The lowest BCUT2D eigenvalue weighted by atomic mass is 10.3. The van der Waals surface area contributed by atoms with Gasteiger partial charge in [0.05, 0.1) is 0 Å². The first-order valence-corrected chi connectivity index (χ1v) is 4.13. The van der Waals surface area contributed by atoms with Crippen LogP contribution >= 0.6 is 11.3 Å². The molecule has 0 aliphatic rings. The summed E-state index contributed by atoms with van der Waals surface area (Å²) in [4.78, 5) is 12.3. The van der Waals surface area contributed by atoms with Crippen molar-refractivity contribution in [1.29, 1.82) is 0 Å². The van der Waals surface area contributed by atoms with Crippen LogP contribution in [0.1, 0.15) is 17.5 Å². The highest BCUT2D eigenvalue weighted by Gasteiger charge is 2.04. The van der Waals surface area contributed by atoms with E-state index in [9.17, 15) is 4.79 Å². The Morgan fingerprint density at radius 3 is 2.40 bits per heavy atom. The smallest absolute Gasteiger partial charge is 0.306 e. The van der Waals surface area contributed by atoms with Gasteiger partial charge in [0.2, 0.25) is 0 Å². The van der Waals surface area contributed by atoms with E-state index < -0.39 is 0 Å². The molecule has 0 aromatic carbocycles. The van der Waals surface area contributed by atoms with Crippen LogP contribution in [0.5, 0.6) is 0 Å². The monoisotopic (exact) mass is 157 g/mol. The lowest BCUT2D eigenvalue weighted by Gasteiger charge is -1.96. The molecule has 56 valence electrons. The quantitative estimate of drug-likeness (QED) is 0.602. The third-order valence-electron chi connectivity index (χ3n) is 1.66. The molecule has 0 amide bonds. The summed E-state index contributed by atoms with van der Waals surface area (Å²) in [5.74, 6) is 0. The second kappa shape index (κ2) is 2.58. The minimum absolute atomic E-state index is 0.148. The van der Waals surface area contributed by atoms with E-state index in [2.05, 4.69) is 6.92 Å². The molecule has 0 saturated carbocycles. The molecule has 3 heteroatoms. The second-order valence-electron chi connectivity index (χ2n) is 2.28. The summed E-state index contributed by atoms with van der Waals surface area (Å²) in [6, 6.07) is 0. The van der Waals surface area contributed by atoms with E-state index in [1.165, 1.54) is 11.3 Å². The third kappa shape index (κ3) is 1.01. The molecule has 0 aliphatic carbocycles. The van der Waals surface area contributed by atoms with Crippen LogP contribution in [0.25, 0.3) is 0 Å². The predicted molar refractivity (Wildman–Crippen MR) is 43.7 cm³/mol. The average molecular weight is 157 g/mol. The van der Waals surface area contributed by atoms with E-state index in [1.807, 2.05) is 14.0 Å². The Kier molecular flexibility index (Phi) is 1.94. The molecule has 0 saturated heterocycles. The minimum atomic E-state index is 0.148. The summed E-state index contributed by atoms with van der Waals surface area (Å²) in [5, 5.41) is 0. The Hall–Kier alpha value is -0.570. The van der Waals surface area contributed by atoms with Crippen LogP contribution < -0.4 is 4.87 Å².